The van der Waals surface area contributed by atoms with E-state index in [0.717, 1.165) is 27.0 Å². The standard InChI is InChI=1S/C21H21BrN4O2/c1-14-9-15(2)26(25-14)13-16-5-4-6-17(10-16)21(27)24-23-12-18-11-19(22)7-8-20(18)28-3/h4-12H,13H2,1-3H3,(H,24,27). The van der Waals surface area contributed by atoms with Crippen LogP contribution in [0.25, 0.3) is 0 Å². The molecule has 6 nitrogen and oxygen atoms in total. The van der Waals surface area contributed by atoms with Gasteiger partial charge in [0.1, 0.15) is 5.75 Å². The van der Waals surface area contributed by atoms with Crippen LogP contribution in [-0.2, 0) is 6.54 Å². The number of aryl methyl sites for hydroxylation is 2. The number of nitrogens with zero attached hydrogens (tertiary/aromatic N) is 3. The second-order valence-corrected chi connectivity index (χ2v) is 7.29. The van der Waals surface area contributed by atoms with E-state index in [2.05, 4.69) is 31.6 Å². The van der Waals surface area contributed by atoms with Crippen LogP contribution in [0.15, 0.2) is 58.1 Å². The molecule has 0 bridgehead atoms. The fourth-order valence-corrected chi connectivity index (χ4v) is 3.23. The second kappa shape index (κ2) is 8.84. The molecule has 1 aromatic heterocycles. The maximum absolute atomic E-state index is 12.4. The molecule has 0 saturated carbocycles. The molecule has 28 heavy (non-hydrogen) atoms. The SMILES string of the molecule is COc1ccc(Br)cc1C=NNC(=O)c1cccc(Cn2nc(C)cc2C)c1. The van der Waals surface area contributed by atoms with Crippen molar-refractivity contribution in [3.05, 3.63) is 81.1 Å². The van der Waals surface area contributed by atoms with Crippen molar-refractivity contribution in [1.29, 1.82) is 0 Å². The van der Waals surface area contributed by atoms with E-state index in [4.69, 9.17) is 4.74 Å². The summed E-state index contributed by atoms with van der Waals surface area (Å²) in [7, 11) is 1.59. The van der Waals surface area contributed by atoms with Gasteiger partial charge in [-0.2, -0.15) is 10.2 Å². The molecular formula is C21H21BrN4O2. The number of nitrogens with one attached hydrogen (secondary N) is 1. The average Bonchev–Trinajstić information content (AvgIpc) is 2.99. The Bertz CT molecular complexity index is 1030. The first-order chi connectivity index (χ1) is 13.5. The second-order valence-electron chi connectivity index (χ2n) is 6.37. The van der Waals surface area contributed by atoms with Crippen molar-refractivity contribution in [2.24, 2.45) is 5.10 Å². The number of carbonyl (C=O) groups excluding carboxylic acids is 1. The highest BCUT2D eigenvalue weighted by Crippen LogP contribution is 2.21. The van der Waals surface area contributed by atoms with Gasteiger partial charge in [0.2, 0.25) is 0 Å². The van der Waals surface area contributed by atoms with Crippen LogP contribution in [0, 0.1) is 13.8 Å². The minimum Gasteiger partial charge on any atom is -0.496 e. The zero-order chi connectivity index (χ0) is 20.1. The lowest BCUT2D eigenvalue weighted by atomic mass is 10.1. The smallest absolute Gasteiger partial charge is 0.271 e. The molecule has 2 aromatic carbocycles. The maximum atomic E-state index is 12.4. The maximum Gasteiger partial charge on any atom is 0.271 e. The van der Waals surface area contributed by atoms with Gasteiger partial charge in [-0.3, -0.25) is 9.48 Å². The van der Waals surface area contributed by atoms with Crippen LogP contribution in [0.2, 0.25) is 0 Å². The Morgan fingerprint density at radius 1 is 1.25 bits per heavy atom. The predicted molar refractivity (Wildman–Crippen MR) is 113 cm³/mol. The third-order valence-electron chi connectivity index (χ3n) is 4.19. The van der Waals surface area contributed by atoms with Crippen LogP contribution in [0.4, 0.5) is 0 Å². The van der Waals surface area contributed by atoms with E-state index in [9.17, 15) is 4.79 Å². The molecule has 0 saturated heterocycles. The normalized spacial score (nSPS) is 11.0. The molecule has 144 valence electrons. The van der Waals surface area contributed by atoms with Crippen molar-refractivity contribution < 1.29 is 9.53 Å². The predicted octanol–water partition coefficient (Wildman–Crippen LogP) is 4.08. The lowest BCUT2D eigenvalue weighted by Crippen LogP contribution is -2.18. The lowest BCUT2D eigenvalue weighted by Gasteiger charge is -2.07. The summed E-state index contributed by atoms with van der Waals surface area (Å²) in [6.07, 6.45) is 1.56. The third kappa shape index (κ3) is 4.86. The summed E-state index contributed by atoms with van der Waals surface area (Å²) in [6.45, 7) is 4.59. The minimum absolute atomic E-state index is 0.277. The molecule has 7 heteroatoms. The molecule has 1 heterocycles. The van der Waals surface area contributed by atoms with Crippen molar-refractivity contribution >= 4 is 28.1 Å². The van der Waals surface area contributed by atoms with Gasteiger partial charge in [-0.15, -0.1) is 0 Å². The molecule has 0 aliphatic rings. The van der Waals surface area contributed by atoms with Crippen LogP contribution in [0.5, 0.6) is 5.75 Å². The summed E-state index contributed by atoms with van der Waals surface area (Å²) in [5.74, 6) is 0.397. The third-order valence-corrected chi connectivity index (χ3v) is 4.68. The molecule has 0 unspecified atom stereocenters. The summed E-state index contributed by atoms with van der Waals surface area (Å²) in [4.78, 5) is 12.4. The molecular weight excluding hydrogens is 420 g/mol. The highest BCUT2D eigenvalue weighted by molar-refractivity contribution is 9.10. The first-order valence-electron chi connectivity index (χ1n) is 8.73. The molecule has 1 N–H and O–H groups in total. The number of hydrogen-bond donors (Lipinski definition) is 1. The summed E-state index contributed by atoms with van der Waals surface area (Å²) in [5, 5.41) is 8.52. The van der Waals surface area contributed by atoms with Gasteiger partial charge in [0.25, 0.3) is 5.91 Å². The van der Waals surface area contributed by atoms with E-state index in [-0.39, 0.29) is 5.91 Å². The van der Waals surface area contributed by atoms with Gasteiger partial charge >= 0.3 is 0 Å². The van der Waals surface area contributed by atoms with Gasteiger partial charge in [-0.25, -0.2) is 5.43 Å². The number of methoxy groups -OCH3 is 1. The van der Waals surface area contributed by atoms with E-state index in [1.807, 2.05) is 61.0 Å². The van der Waals surface area contributed by atoms with Crippen molar-refractivity contribution in [3.63, 3.8) is 0 Å². The van der Waals surface area contributed by atoms with Crippen LogP contribution < -0.4 is 10.2 Å². The fourth-order valence-electron chi connectivity index (χ4n) is 2.85. The number of hydrogen-bond acceptors (Lipinski definition) is 4. The summed E-state index contributed by atoms with van der Waals surface area (Å²) in [6, 6.07) is 15.0. The van der Waals surface area contributed by atoms with E-state index in [1.165, 1.54) is 0 Å². The van der Waals surface area contributed by atoms with Crippen molar-refractivity contribution in [2.75, 3.05) is 7.11 Å². The number of carbonyl (C=O) groups is 1. The number of hydrazone groups is 1. The number of halogens is 1. The highest BCUT2D eigenvalue weighted by Gasteiger charge is 2.08. The molecule has 0 atom stereocenters. The molecule has 3 rings (SSSR count). The monoisotopic (exact) mass is 440 g/mol. The number of amides is 1. The van der Waals surface area contributed by atoms with Crippen molar-refractivity contribution in [1.82, 2.24) is 15.2 Å². The van der Waals surface area contributed by atoms with Gasteiger partial charge in [0.15, 0.2) is 0 Å². The number of aromatic nitrogens is 2. The van der Waals surface area contributed by atoms with Gasteiger partial charge in [-0.1, -0.05) is 28.1 Å². The Morgan fingerprint density at radius 3 is 2.79 bits per heavy atom. The highest BCUT2D eigenvalue weighted by atomic mass is 79.9. The number of ether oxygens (including phenoxy) is 1. The van der Waals surface area contributed by atoms with E-state index in [0.29, 0.717) is 17.9 Å². The quantitative estimate of drug-likeness (QED) is 0.463. The summed E-state index contributed by atoms with van der Waals surface area (Å²) in [5.41, 5.74) is 6.92. The number of rotatable bonds is 6. The zero-order valence-corrected chi connectivity index (χ0v) is 17.5. The Labute approximate surface area is 172 Å². The molecule has 3 aromatic rings. The summed E-state index contributed by atoms with van der Waals surface area (Å²) < 4.78 is 8.11. The fraction of sp³-hybridized carbons (Fsp3) is 0.190. The first kappa shape index (κ1) is 19.8. The van der Waals surface area contributed by atoms with Crippen LogP contribution in [0.3, 0.4) is 0 Å². The number of benzene rings is 2. The Kier molecular flexibility index (Phi) is 6.26. The zero-order valence-electron chi connectivity index (χ0n) is 15.9. The van der Waals surface area contributed by atoms with Gasteiger partial charge in [0, 0.05) is 21.3 Å². The Hall–Kier alpha value is -2.93. The molecule has 0 aliphatic carbocycles. The van der Waals surface area contributed by atoms with Crippen molar-refractivity contribution in [3.8, 4) is 5.75 Å². The lowest BCUT2D eigenvalue weighted by molar-refractivity contribution is 0.0955. The Balaban J connectivity index is 1.69. The molecule has 1 amide bonds. The van der Waals surface area contributed by atoms with Crippen LogP contribution in [0.1, 0.15) is 32.9 Å². The molecule has 0 spiro atoms. The van der Waals surface area contributed by atoms with Gasteiger partial charge in [0.05, 0.1) is 25.6 Å². The topological polar surface area (TPSA) is 68.5 Å². The van der Waals surface area contributed by atoms with E-state index < -0.39 is 0 Å². The molecule has 0 aliphatic heterocycles. The molecule has 0 radical (unpaired) electrons. The van der Waals surface area contributed by atoms with E-state index in [1.54, 1.807) is 19.4 Å². The van der Waals surface area contributed by atoms with Crippen LogP contribution >= 0.6 is 15.9 Å². The van der Waals surface area contributed by atoms with Crippen molar-refractivity contribution in [2.45, 2.75) is 20.4 Å². The minimum atomic E-state index is -0.277. The first-order valence-corrected chi connectivity index (χ1v) is 9.52. The Morgan fingerprint density at radius 2 is 2.07 bits per heavy atom. The average molecular weight is 441 g/mol. The largest absolute Gasteiger partial charge is 0.496 e. The van der Waals surface area contributed by atoms with E-state index >= 15 is 0 Å². The van der Waals surface area contributed by atoms with Gasteiger partial charge in [-0.05, 0) is 55.8 Å². The molecule has 0 fully saturated rings. The summed E-state index contributed by atoms with van der Waals surface area (Å²) >= 11 is 3.41. The van der Waals surface area contributed by atoms with Crippen LogP contribution in [-0.4, -0.2) is 29.0 Å². The van der Waals surface area contributed by atoms with Gasteiger partial charge < -0.3 is 4.74 Å².